The Hall–Kier alpha value is -2.82. The maximum Gasteiger partial charge on any atom is 0.267 e. The standard InChI is InChI=1S/C16H15N3O2/c1-10(20)13-7-15(18-9-13)16(21)19-8-11-2-3-12-4-5-17-14(12)6-11/h2-7,9,17-18H,8H2,1H3,(H,19,21). The van der Waals surface area contributed by atoms with Crippen molar-refractivity contribution in [1.82, 2.24) is 15.3 Å². The molecule has 0 unspecified atom stereocenters. The predicted octanol–water partition coefficient (Wildman–Crippen LogP) is 2.63. The average molecular weight is 281 g/mol. The van der Waals surface area contributed by atoms with Gasteiger partial charge in [-0.3, -0.25) is 9.59 Å². The van der Waals surface area contributed by atoms with Crippen molar-refractivity contribution in [2.75, 3.05) is 0 Å². The van der Waals surface area contributed by atoms with Crippen molar-refractivity contribution in [3.05, 3.63) is 59.5 Å². The van der Waals surface area contributed by atoms with Crippen LogP contribution in [0.15, 0.2) is 42.7 Å². The molecule has 0 saturated heterocycles. The van der Waals surface area contributed by atoms with Gasteiger partial charge in [0.1, 0.15) is 5.69 Å². The van der Waals surface area contributed by atoms with E-state index in [2.05, 4.69) is 15.3 Å². The lowest BCUT2D eigenvalue weighted by Crippen LogP contribution is -2.23. The van der Waals surface area contributed by atoms with Crippen LogP contribution in [0.3, 0.4) is 0 Å². The summed E-state index contributed by atoms with van der Waals surface area (Å²) < 4.78 is 0. The summed E-state index contributed by atoms with van der Waals surface area (Å²) in [7, 11) is 0. The van der Waals surface area contributed by atoms with Gasteiger partial charge in [-0.15, -0.1) is 0 Å². The van der Waals surface area contributed by atoms with Crippen LogP contribution in [0.25, 0.3) is 10.9 Å². The third-order valence-corrected chi connectivity index (χ3v) is 3.41. The van der Waals surface area contributed by atoms with E-state index in [-0.39, 0.29) is 11.7 Å². The monoisotopic (exact) mass is 281 g/mol. The Balaban J connectivity index is 1.68. The number of H-pyrrole nitrogens is 2. The first kappa shape index (κ1) is 13.2. The zero-order chi connectivity index (χ0) is 14.8. The largest absolute Gasteiger partial charge is 0.361 e. The Morgan fingerprint density at radius 1 is 1.14 bits per heavy atom. The quantitative estimate of drug-likeness (QED) is 0.643. The molecule has 3 rings (SSSR count). The van der Waals surface area contributed by atoms with E-state index in [1.54, 1.807) is 12.3 Å². The number of carbonyl (C=O) groups excluding carboxylic acids is 2. The summed E-state index contributed by atoms with van der Waals surface area (Å²) in [6, 6.07) is 9.55. The zero-order valence-electron chi connectivity index (χ0n) is 11.6. The molecule has 2 aromatic heterocycles. The molecule has 0 aliphatic rings. The molecule has 0 spiro atoms. The normalized spacial score (nSPS) is 10.7. The second-order valence-electron chi connectivity index (χ2n) is 4.94. The minimum absolute atomic E-state index is 0.0671. The zero-order valence-corrected chi connectivity index (χ0v) is 11.6. The number of nitrogens with one attached hydrogen (secondary N) is 3. The van der Waals surface area contributed by atoms with E-state index < -0.39 is 0 Å². The summed E-state index contributed by atoms with van der Waals surface area (Å²) in [4.78, 5) is 29.2. The Morgan fingerprint density at radius 2 is 2.00 bits per heavy atom. The van der Waals surface area contributed by atoms with Crippen LogP contribution in [0, 0.1) is 0 Å². The molecule has 0 atom stereocenters. The molecular weight excluding hydrogens is 266 g/mol. The molecule has 1 amide bonds. The molecular formula is C16H15N3O2. The predicted molar refractivity (Wildman–Crippen MR) is 80.3 cm³/mol. The van der Waals surface area contributed by atoms with E-state index in [0.29, 0.717) is 17.8 Å². The lowest BCUT2D eigenvalue weighted by molar-refractivity contribution is 0.0946. The van der Waals surface area contributed by atoms with Crippen molar-refractivity contribution in [2.45, 2.75) is 13.5 Å². The molecule has 5 heteroatoms. The average Bonchev–Trinajstić information content (AvgIpc) is 3.12. The van der Waals surface area contributed by atoms with Gasteiger partial charge in [0.05, 0.1) is 0 Å². The molecule has 0 saturated carbocycles. The number of ketones is 1. The molecule has 0 aliphatic heterocycles. The fourth-order valence-electron chi connectivity index (χ4n) is 2.21. The summed E-state index contributed by atoms with van der Waals surface area (Å²) >= 11 is 0. The van der Waals surface area contributed by atoms with E-state index >= 15 is 0 Å². The number of aromatic nitrogens is 2. The number of hydrogen-bond acceptors (Lipinski definition) is 2. The highest BCUT2D eigenvalue weighted by atomic mass is 16.2. The van der Waals surface area contributed by atoms with Crippen LogP contribution >= 0.6 is 0 Å². The van der Waals surface area contributed by atoms with E-state index in [1.807, 2.05) is 30.5 Å². The fraction of sp³-hybridized carbons (Fsp3) is 0.125. The van der Waals surface area contributed by atoms with Crippen LogP contribution < -0.4 is 5.32 Å². The van der Waals surface area contributed by atoms with Gasteiger partial charge >= 0.3 is 0 Å². The summed E-state index contributed by atoms with van der Waals surface area (Å²) in [5.41, 5.74) is 2.95. The summed E-state index contributed by atoms with van der Waals surface area (Å²) in [5, 5.41) is 3.97. The van der Waals surface area contributed by atoms with Gasteiger partial charge in [0.2, 0.25) is 0 Å². The minimum atomic E-state index is -0.228. The van der Waals surface area contributed by atoms with Gasteiger partial charge in [0, 0.05) is 30.0 Å². The molecule has 2 heterocycles. The molecule has 3 aromatic rings. The molecule has 0 radical (unpaired) electrons. The summed E-state index contributed by atoms with van der Waals surface area (Å²) in [6.07, 6.45) is 3.43. The maximum absolute atomic E-state index is 12.0. The number of rotatable bonds is 4. The highest BCUT2D eigenvalue weighted by molar-refractivity contribution is 5.99. The Morgan fingerprint density at radius 3 is 2.76 bits per heavy atom. The SMILES string of the molecule is CC(=O)c1c[nH]c(C(=O)NCc2ccc3cc[nH]c3c2)c1. The number of benzene rings is 1. The lowest BCUT2D eigenvalue weighted by Gasteiger charge is -2.04. The maximum atomic E-state index is 12.0. The first-order chi connectivity index (χ1) is 10.1. The molecule has 0 aliphatic carbocycles. The van der Waals surface area contributed by atoms with Crippen molar-refractivity contribution in [3.63, 3.8) is 0 Å². The second kappa shape index (κ2) is 5.28. The summed E-state index contributed by atoms with van der Waals surface area (Å²) in [6.45, 7) is 1.90. The van der Waals surface area contributed by atoms with Gasteiger partial charge in [0.25, 0.3) is 5.91 Å². The number of Topliss-reactive ketones (excluding diaryl/α,β-unsaturated/α-hetero) is 1. The van der Waals surface area contributed by atoms with Crippen molar-refractivity contribution in [1.29, 1.82) is 0 Å². The van der Waals surface area contributed by atoms with Gasteiger partial charge in [0.15, 0.2) is 5.78 Å². The number of fused-ring (bicyclic) bond motifs is 1. The third-order valence-electron chi connectivity index (χ3n) is 3.41. The number of amides is 1. The second-order valence-corrected chi connectivity index (χ2v) is 4.94. The van der Waals surface area contributed by atoms with Gasteiger partial charge in [-0.1, -0.05) is 12.1 Å². The van der Waals surface area contributed by atoms with Crippen molar-refractivity contribution >= 4 is 22.6 Å². The van der Waals surface area contributed by atoms with E-state index in [9.17, 15) is 9.59 Å². The van der Waals surface area contributed by atoms with Crippen LogP contribution in [0.5, 0.6) is 0 Å². The number of hydrogen-bond donors (Lipinski definition) is 3. The lowest BCUT2D eigenvalue weighted by atomic mass is 10.1. The van der Waals surface area contributed by atoms with Crippen LogP contribution in [-0.2, 0) is 6.54 Å². The molecule has 106 valence electrons. The van der Waals surface area contributed by atoms with Crippen LogP contribution in [0.4, 0.5) is 0 Å². The van der Waals surface area contributed by atoms with Gasteiger partial charge in [-0.05, 0) is 36.1 Å². The number of carbonyl (C=O) groups is 2. The van der Waals surface area contributed by atoms with Crippen molar-refractivity contribution < 1.29 is 9.59 Å². The molecule has 0 bridgehead atoms. The molecule has 0 fully saturated rings. The first-order valence-electron chi connectivity index (χ1n) is 6.67. The van der Waals surface area contributed by atoms with E-state index in [4.69, 9.17) is 0 Å². The Labute approximate surface area is 121 Å². The Bertz CT molecular complexity index is 814. The van der Waals surface area contributed by atoms with E-state index in [0.717, 1.165) is 16.5 Å². The molecule has 1 aromatic carbocycles. The fourth-order valence-corrected chi connectivity index (χ4v) is 2.21. The number of aromatic amines is 2. The van der Waals surface area contributed by atoms with Gasteiger partial charge in [-0.25, -0.2) is 0 Å². The molecule has 3 N–H and O–H groups in total. The Kier molecular flexibility index (Phi) is 3.31. The first-order valence-corrected chi connectivity index (χ1v) is 6.67. The topological polar surface area (TPSA) is 77.8 Å². The smallest absolute Gasteiger partial charge is 0.267 e. The highest BCUT2D eigenvalue weighted by Crippen LogP contribution is 2.14. The van der Waals surface area contributed by atoms with Crippen LogP contribution in [-0.4, -0.2) is 21.7 Å². The van der Waals surface area contributed by atoms with E-state index in [1.165, 1.54) is 6.92 Å². The molecule has 21 heavy (non-hydrogen) atoms. The van der Waals surface area contributed by atoms with Crippen molar-refractivity contribution in [3.8, 4) is 0 Å². The van der Waals surface area contributed by atoms with Gasteiger partial charge in [-0.2, -0.15) is 0 Å². The summed E-state index contributed by atoms with van der Waals surface area (Å²) in [5.74, 6) is -0.295. The van der Waals surface area contributed by atoms with Crippen molar-refractivity contribution in [2.24, 2.45) is 0 Å². The third kappa shape index (κ3) is 2.72. The van der Waals surface area contributed by atoms with Crippen LogP contribution in [0.1, 0.15) is 33.3 Å². The van der Waals surface area contributed by atoms with Crippen LogP contribution in [0.2, 0.25) is 0 Å². The van der Waals surface area contributed by atoms with Gasteiger partial charge < -0.3 is 15.3 Å². The minimum Gasteiger partial charge on any atom is -0.361 e. The highest BCUT2D eigenvalue weighted by Gasteiger charge is 2.10. The molecule has 5 nitrogen and oxygen atoms in total.